The maximum absolute atomic E-state index is 12.6. The average molecular weight is 430 g/mol. The SMILES string of the molecule is Cc1ccccc1NC(=O)CSc1nccn(-c2ccc(Br)cc2)c1=O. The van der Waals surface area contributed by atoms with Crippen molar-refractivity contribution >= 4 is 39.3 Å². The number of benzene rings is 2. The minimum atomic E-state index is -0.247. The zero-order chi connectivity index (χ0) is 18.5. The van der Waals surface area contributed by atoms with Crippen molar-refractivity contribution in [1.29, 1.82) is 0 Å². The van der Waals surface area contributed by atoms with E-state index in [1.54, 1.807) is 12.4 Å². The van der Waals surface area contributed by atoms with Gasteiger partial charge in [-0.05, 0) is 42.8 Å². The van der Waals surface area contributed by atoms with E-state index in [0.717, 1.165) is 33.2 Å². The van der Waals surface area contributed by atoms with Gasteiger partial charge in [0.1, 0.15) is 0 Å². The molecular weight excluding hydrogens is 414 g/mol. The average Bonchev–Trinajstić information content (AvgIpc) is 2.64. The molecule has 0 saturated heterocycles. The van der Waals surface area contributed by atoms with Crippen LogP contribution >= 0.6 is 27.7 Å². The van der Waals surface area contributed by atoms with Crippen molar-refractivity contribution in [2.75, 3.05) is 11.1 Å². The van der Waals surface area contributed by atoms with Crippen LogP contribution in [0.15, 0.2) is 75.2 Å². The normalized spacial score (nSPS) is 10.5. The minimum Gasteiger partial charge on any atom is -0.325 e. The number of rotatable bonds is 5. The molecule has 0 radical (unpaired) electrons. The number of aryl methyl sites for hydroxylation is 1. The largest absolute Gasteiger partial charge is 0.325 e. The van der Waals surface area contributed by atoms with Crippen LogP contribution in [0, 0.1) is 6.92 Å². The molecule has 0 spiro atoms. The number of carbonyl (C=O) groups is 1. The highest BCUT2D eigenvalue weighted by Crippen LogP contribution is 2.17. The maximum Gasteiger partial charge on any atom is 0.287 e. The van der Waals surface area contributed by atoms with E-state index < -0.39 is 0 Å². The van der Waals surface area contributed by atoms with Crippen molar-refractivity contribution in [3.63, 3.8) is 0 Å². The molecule has 5 nitrogen and oxygen atoms in total. The van der Waals surface area contributed by atoms with Gasteiger partial charge in [0.2, 0.25) is 5.91 Å². The van der Waals surface area contributed by atoms with Gasteiger partial charge < -0.3 is 5.32 Å². The van der Waals surface area contributed by atoms with E-state index in [1.807, 2.05) is 55.5 Å². The standard InChI is InChI=1S/C19H16BrN3O2S/c1-13-4-2-3-5-16(13)22-17(24)12-26-18-19(25)23(11-10-21-18)15-8-6-14(20)7-9-15/h2-11H,12H2,1H3,(H,22,24). The summed E-state index contributed by atoms with van der Waals surface area (Å²) in [5, 5.41) is 3.14. The first kappa shape index (κ1) is 18.4. The Morgan fingerprint density at radius 2 is 1.92 bits per heavy atom. The molecule has 3 aromatic rings. The lowest BCUT2D eigenvalue weighted by atomic mass is 10.2. The number of hydrogen-bond donors (Lipinski definition) is 1. The third kappa shape index (κ3) is 4.42. The summed E-state index contributed by atoms with van der Waals surface area (Å²) in [6, 6.07) is 15.0. The Morgan fingerprint density at radius 3 is 2.65 bits per heavy atom. The molecule has 1 N–H and O–H groups in total. The first-order valence-electron chi connectivity index (χ1n) is 7.86. The molecule has 1 aromatic heterocycles. The molecule has 26 heavy (non-hydrogen) atoms. The fourth-order valence-electron chi connectivity index (χ4n) is 2.33. The molecule has 0 aliphatic carbocycles. The van der Waals surface area contributed by atoms with Gasteiger partial charge >= 0.3 is 0 Å². The first-order valence-corrected chi connectivity index (χ1v) is 9.64. The van der Waals surface area contributed by atoms with Gasteiger partial charge in [-0.3, -0.25) is 14.2 Å². The highest BCUT2D eigenvalue weighted by molar-refractivity contribution is 9.10. The van der Waals surface area contributed by atoms with E-state index in [2.05, 4.69) is 26.2 Å². The molecule has 0 aliphatic heterocycles. The number of halogens is 1. The van der Waals surface area contributed by atoms with Crippen molar-refractivity contribution in [2.24, 2.45) is 0 Å². The Hall–Kier alpha value is -2.38. The summed E-state index contributed by atoms with van der Waals surface area (Å²) in [7, 11) is 0. The van der Waals surface area contributed by atoms with Crippen molar-refractivity contribution in [1.82, 2.24) is 9.55 Å². The van der Waals surface area contributed by atoms with Gasteiger partial charge in [0.25, 0.3) is 5.56 Å². The quantitative estimate of drug-likeness (QED) is 0.621. The first-order chi connectivity index (χ1) is 12.5. The Bertz CT molecular complexity index is 987. The van der Waals surface area contributed by atoms with E-state index in [0.29, 0.717) is 0 Å². The molecule has 1 heterocycles. The summed E-state index contributed by atoms with van der Waals surface area (Å²) < 4.78 is 2.45. The lowest BCUT2D eigenvalue weighted by Gasteiger charge is -2.09. The Morgan fingerprint density at radius 1 is 1.19 bits per heavy atom. The molecule has 2 aromatic carbocycles. The van der Waals surface area contributed by atoms with Crippen LogP contribution in [-0.2, 0) is 4.79 Å². The zero-order valence-electron chi connectivity index (χ0n) is 14.0. The monoisotopic (exact) mass is 429 g/mol. The summed E-state index contributed by atoms with van der Waals surface area (Å²) in [5.41, 5.74) is 2.25. The fourth-order valence-corrected chi connectivity index (χ4v) is 3.29. The van der Waals surface area contributed by atoms with E-state index in [9.17, 15) is 9.59 Å². The predicted octanol–water partition coefficient (Wildman–Crippen LogP) is 4.03. The van der Waals surface area contributed by atoms with Crippen molar-refractivity contribution in [3.8, 4) is 5.69 Å². The van der Waals surface area contributed by atoms with Gasteiger partial charge in [0.05, 0.1) is 5.75 Å². The van der Waals surface area contributed by atoms with Crippen molar-refractivity contribution in [2.45, 2.75) is 11.9 Å². The molecule has 0 atom stereocenters. The van der Waals surface area contributed by atoms with Gasteiger partial charge in [0.15, 0.2) is 5.03 Å². The topological polar surface area (TPSA) is 64.0 Å². The number of para-hydroxylation sites is 1. The highest BCUT2D eigenvalue weighted by Gasteiger charge is 2.11. The van der Waals surface area contributed by atoms with Crippen molar-refractivity contribution < 1.29 is 4.79 Å². The molecular formula is C19H16BrN3O2S. The summed E-state index contributed by atoms with van der Waals surface area (Å²) >= 11 is 4.50. The molecule has 0 fully saturated rings. The fraction of sp³-hybridized carbons (Fsp3) is 0.105. The molecule has 1 amide bonds. The second-order valence-corrected chi connectivity index (χ2v) is 7.42. The van der Waals surface area contributed by atoms with Gasteiger partial charge in [-0.2, -0.15) is 0 Å². The Balaban J connectivity index is 1.71. The number of anilines is 1. The summed E-state index contributed by atoms with van der Waals surface area (Å²) in [4.78, 5) is 28.9. The third-order valence-electron chi connectivity index (χ3n) is 3.67. The molecule has 7 heteroatoms. The number of hydrogen-bond acceptors (Lipinski definition) is 4. The number of nitrogens with zero attached hydrogens (tertiary/aromatic N) is 2. The van der Waals surface area contributed by atoms with Crippen LogP contribution in [0.1, 0.15) is 5.56 Å². The third-order valence-corrected chi connectivity index (χ3v) is 5.16. The number of thioether (sulfide) groups is 1. The van der Waals surface area contributed by atoms with Crippen LogP contribution in [0.3, 0.4) is 0 Å². The van der Waals surface area contributed by atoms with Crippen LogP contribution in [-0.4, -0.2) is 21.2 Å². The molecule has 3 rings (SSSR count). The van der Waals surface area contributed by atoms with Crippen LogP contribution in [0.25, 0.3) is 5.69 Å². The second-order valence-electron chi connectivity index (χ2n) is 5.54. The van der Waals surface area contributed by atoms with Crippen LogP contribution in [0.4, 0.5) is 5.69 Å². The smallest absolute Gasteiger partial charge is 0.287 e. The van der Waals surface area contributed by atoms with Crippen LogP contribution in [0.2, 0.25) is 0 Å². The highest BCUT2D eigenvalue weighted by atomic mass is 79.9. The number of nitrogens with one attached hydrogen (secondary N) is 1. The molecule has 132 valence electrons. The van der Waals surface area contributed by atoms with Crippen LogP contribution < -0.4 is 10.9 Å². The van der Waals surface area contributed by atoms with Gasteiger partial charge in [-0.25, -0.2) is 4.98 Å². The number of amides is 1. The molecule has 0 saturated carbocycles. The predicted molar refractivity (Wildman–Crippen MR) is 108 cm³/mol. The van der Waals surface area contributed by atoms with Gasteiger partial charge in [0, 0.05) is 28.2 Å². The second kappa shape index (κ2) is 8.33. The van der Waals surface area contributed by atoms with Crippen LogP contribution in [0.5, 0.6) is 0 Å². The van der Waals surface area contributed by atoms with Crippen molar-refractivity contribution in [3.05, 3.63) is 81.3 Å². The molecule has 0 bridgehead atoms. The lowest BCUT2D eigenvalue weighted by molar-refractivity contribution is -0.113. The van der Waals surface area contributed by atoms with E-state index in [-0.39, 0.29) is 22.2 Å². The molecule has 0 unspecified atom stereocenters. The van der Waals surface area contributed by atoms with Gasteiger partial charge in [-0.1, -0.05) is 45.9 Å². The van der Waals surface area contributed by atoms with E-state index in [4.69, 9.17) is 0 Å². The Kier molecular flexibility index (Phi) is 5.90. The lowest BCUT2D eigenvalue weighted by Crippen LogP contribution is -2.22. The Labute approximate surface area is 163 Å². The number of aromatic nitrogens is 2. The van der Waals surface area contributed by atoms with E-state index >= 15 is 0 Å². The number of carbonyl (C=O) groups excluding carboxylic acids is 1. The van der Waals surface area contributed by atoms with E-state index in [1.165, 1.54) is 4.57 Å². The van der Waals surface area contributed by atoms with Gasteiger partial charge in [-0.15, -0.1) is 0 Å². The summed E-state index contributed by atoms with van der Waals surface area (Å²) in [5.74, 6) is -0.0643. The summed E-state index contributed by atoms with van der Waals surface area (Å²) in [6.07, 6.45) is 3.17. The zero-order valence-corrected chi connectivity index (χ0v) is 16.4. The minimum absolute atomic E-state index is 0.112. The maximum atomic E-state index is 12.6. The summed E-state index contributed by atoms with van der Waals surface area (Å²) in [6.45, 7) is 1.93. The molecule has 0 aliphatic rings.